The van der Waals surface area contributed by atoms with Gasteiger partial charge in [0, 0.05) is 35.1 Å². The number of carbonyl (C=O) groups is 1. The molecule has 0 fully saturated rings. The summed E-state index contributed by atoms with van der Waals surface area (Å²) in [5.41, 5.74) is 5.12. The summed E-state index contributed by atoms with van der Waals surface area (Å²) in [4.78, 5) is 34.3. The average Bonchev–Trinajstić information content (AvgIpc) is 3.74. The molecule has 12 nitrogen and oxygen atoms in total. The van der Waals surface area contributed by atoms with Crippen molar-refractivity contribution in [1.29, 1.82) is 0 Å². The molecule has 41 heavy (non-hydrogen) atoms. The van der Waals surface area contributed by atoms with Crippen LogP contribution < -0.4 is 10.5 Å². The van der Waals surface area contributed by atoms with Gasteiger partial charge in [-0.25, -0.2) is 9.78 Å². The molecule has 0 radical (unpaired) electrons. The molecule has 13 heteroatoms. The lowest BCUT2D eigenvalue weighted by Gasteiger charge is -2.19. The maximum absolute atomic E-state index is 13.5. The van der Waals surface area contributed by atoms with Crippen molar-refractivity contribution in [3.05, 3.63) is 94.0 Å². The van der Waals surface area contributed by atoms with Crippen molar-refractivity contribution in [3.8, 4) is 28.1 Å². The number of methoxy groups -OCH3 is 1. The van der Waals surface area contributed by atoms with E-state index in [1.807, 2.05) is 24.3 Å². The van der Waals surface area contributed by atoms with Gasteiger partial charge in [-0.2, -0.15) is 4.68 Å². The Morgan fingerprint density at radius 2 is 2.00 bits per heavy atom. The van der Waals surface area contributed by atoms with Crippen molar-refractivity contribution in [3.63, 3.8) is 0 Å². The van der Waals surface area contributed by atoms with Crippen LogP contribution in [-0.4, -0.2) is 66.2 Å². The van der Waals surface area contributed by atoms with Gasteiger partial charge in [0.05, 0.1) is 36.8 Å². The van der Waals surface area contributed by atoms with Crippen LogP contribution in [0.2, 0.25) is 5.02 Å². The smallest absolute Gasteiger partial charge is 0.411 e. The summed E-state index contributed by atoms with van der Waals surface area (Å²) >= 11 is 6.31. The van der Waals surface area contributed by atoms with Gasteiger partial charge in [-0.15, -0.1) is 5.10 Å². The standard InChI is InChI=1S/C28H25ClN8O4/c1-41-11-10-35(28(39)40)20-5-2-17(3-6-20)23-15-30-27(32-23)25-9-7-21-12-18(13-26(38)37(21)25)22-14-19(29)4-8-24(22)36-16-31-33-34-36/h2-6,8,12-16,25H,7,9-11H2,1H3,(H,30,32)(H,39,40)/t25-/m0/s1. The molecule has 0 bridgehead atoms. The zero-order valence-electron chi connectivity index (χ0n) is 21.9. The molecule has 208 valence electrons. The maximum atomic E-state index is 13.5. The number of imidazole rings is 1. The Labute approximate surface area is 238 Å². The molecule has 5 aromatic rings. The van der Waals surface area contributed by atoms with Crippen LogP contribution in [0, 0.1) is 0 Å². The quantitative estimate of drug-likeness (QED) is 0.281. The minimum atomic E-state index is -1.05. The normalized spacial score (nSPS) is 14.2. The van der Waals surface area contributed by atoms with E-state index in [2.05, 4.69) is 25.5 Å². The molecule has 0 unspecified atom stereocenters. The number of aromatic amines is 1. The minimum Gasteiger partial charge on any atom is -0.465 e. The molecule has 3 aromatic heterocycles. The van der Waals surface area contributed by atoms with E-state index in [0.29, 0.717) is 41.7 Å². The number of H-pyrrole nitrogens is 1. The molecule has 0 aliphatic carbocycles. The topological polar surface area (TPSA) is 144 Å². The van der Waals surface area contributed by atoms with E-state index in [4.69, 9.17) is 16.3 Å². The number of fused-ring (bicyclic) bond motifs is 1. The second-order valence-electron chi connectivity index (χ2n) is 9.57. The maximum Gasteiger partial charge on any atom is 0.411 e. The van der Waals surface area contributed by atoms with E-state index in [0.717, 1.165) is 28.1 Å². The largest absolute Gasteiger partial charge is 0.465 e. The number of aryl methyl sites for hydroxylation is 1. The summed E-state index contributed by atoms with van der Waals surface area (Å²) in [5.74, 6) is 0.682. The lowest BCUT2D eigenvalue weighted by Crippen LogP contribution is -2.32. The number of tetrazole rings is 1. The molecule has 0 spiro atoms. The van der Waals surface area contributed by atoms with Gasteiger partial charge in [0.25, 0.3) is 5.56 Å². The third kappa shape index (κ3) is 5.10. The van der Waals surface area contributed by atoms with Gasteiger partial charge in [-0.1, -0.05) is 23.7 Å². The van der Waals surface area contributed by atoms with Crippen molar-refractivity contribution in [2.75, 3.05) is 25.2 Å². The third-order valence-electron chi connectivity index (χ3n) is 7.15. The number of hydrogen-bond donors (Lipinski definition) is 2. The Hall–Kier alpha value is -4.81. The fourth-order valence-electron chi connectivity index (χ4n) is 5.21. The van der Waals surface area contributed by atoms with Gasteiger partial charge in [0.2, 0.25) is 0 Å². The number of halogens is 1. The third-order valence-corrected chi connectivity index (χ3v) is 7.39. The van der Waals surface area contributed by atoms with Crippen LogP contribution in [0.5, 0.6) is 0 Å². The number of hydrogen-bond acceptors (Lipinski definition) is 7. The number of nitrogens with zero attached hydrogens (tertiary/aromatic N) is 7. The molecular weight excluding hydrogens is 548 g/mol. The van der Waals surface area contributed by atoms with Gasteiger partial charge in [-0.05, 0) is 70.8 Å². The summed E-state index contributed by atoms with van der Waals surface area (Å²) in [6, 6.07) is 15.9. The summed E-state index contributed by atoms with van der Waals surface area (Å²) in [7, 11) is 1.53. The number of amides is 1. The van der Waals surface area contributed by atoms with E-state index in [-0.39, 0.29) is 18.1 Å². The number of benzene rings is 2. The molecule has 0 saturated heterocycles. The molecule has 0 saturated carbocycles. The Morgan fingerprint density at radius 1 is 1.17 bits per heavy atom. The lowest BCUT2D eigenvalue weighted by atomic mass is 10.0. The van der Waals surface area contributed by atoms with Gasteiger partial charge in [0.1, 0.15) is 12.2 Å². The minimum absolute atomic E-state index is 0.144. The van der Waals surface area contributed by atoms with Crippen LogP contribution in [0.15, 0.2) is 71.9 Å². The number of rotatable bonds is 8. The molecule has 1 amide bonds. The predicted molar refractivity (Wildman–Crippen MR) is 152 cm³/mol. The molecule has 2 aromatic carbocycles. The van der Waals surface area contributed by atoms with Crippen LogP contribution in [0.25, 0.3) is 28.1 Å². The highest BCUT2D eigenvalue weighted by molar-refractivity contribution is 6.31. The van der Waals surface area contributed by atoms with Crippen LogP contribution in [0.4, 0.5) is 10.5 Å². The summed E-state index contributed by atoms with van der Waals surface area (Å²) in [6.07, 6.45) is 3.59. The fraction of sp³-hybridized carbons (Fsp3) is 0.214. The highest BCUT2D eigenvalue weighted by Crippen LogP contribution is 2.34. The molecule has 2 N–H and O–H groups in total. The molecule has 6 rings (SSSR count). The molecule has 4 heterocycles. The van der Waals surface area contributed by atoms with Gasteiger partial charge in [-0.3, -0.25) is 9.69 Å². The molecular formula is C28H25ClN8O4. The second-order valence-corrected chi connectivity index (χ2v) is 10.0. The van der Waals surface area contributed by atoms with E-state index in [9.17, 15) is 14.7 Å². The zero-order valence-corrected chi connectivity index (χ0v) is 22.7. The molecule has 1 aliphatic rings. The summed E-state index contributed by atoms with van der Waals surface area (Å²) in [5, 5.41) is 21.5. The van der Waals surface area contributed by atoms with Gasteiger partial charge < -0.3 is 19.4 Å². The van der Waals surface area contributed by atoms with Crippen molar-refractivity contribution in [2.24, 2.45) is 0 Å². The highest BCUT2D eigenvalue weighted by Gasteiger charge is 2.28. The highest BCUT2D eigenvalue weighted by atomic mass is 35.5. The fourth-order valence-corrected chi connectivity index (χ4v) is 5.38. The number of nitrogens with one attached hydrogen (secondary N) is 1. The van der Waals surface area contributed by atoms with E-state index < -0.39 is 6.09 Å². The molecule has 1 atom stereocenters. The van der Waals surface area contributed by atoms with Crippen LogP contribution in [0.1, 0.15) is 24.0 Å². The van der Waals surface area contributed by atoms with Crippen molar-refractivity contribution in [1.82, 2.24) is 34.7 Å². The number of pyridine rings is 1. The van der Waals surface area contributed by atoms with Crippen molar-refractivity contribution >= 4 is 23.4 Å². The van der Waals surface area contributed by atoms with Crippen molar-refractivity contribution in [2.45, 2.75) is 18.9 Å². The Bertz CT molecular complexity index is 1760. The predicted octanol–water partition coefficient (Wildman–Crippen LogP) is 4.20. The average molecular weight is 573 g/mol. The number of aromatic nitrogens is 7. The zero-order chi connectivity index (χ0) is 28.5. The Morgan fingerprint density at radius 3 is 2.73 bits per heavy atom. The summed E-state index contributed by atoms with van der Waals surface area (Å²) < 4.78 is 8.33. The van der Waals surface area contributed by atoms with Gasteiger partial charge >= 0.3 is 6.09 Å². The first-order valence-electron chi connectivity index (χ1n) is 12.9. The van der Waals surface area contributed by atoms with Crippen LogP contribution >= 0.6 is 11.6 Å². The Balaban J connectivity index is 1.28. The first-order valence-corrected chi connectivity index (χ1v) is 13.2. The van der Waals surface area contributed by atoms with Gasteiger partial charge in [0.15, 0.2) is 0 Å². The van der Waals surface area contributed by atoms with Crippen LogP contribution in [0.3, 0.4) is 0 Å². The van der Waals surface area contributed by atoms with Crippen LogP contribution in [-0.2, 0) is 11.2 Å². The van der Waals surface area contributed by atoms with E-state index in [1.165, 1.54) is 23.0 Å². The first-order chi connectivity index (χ1) is 19.9. The first kappa shape index (κ1) is 26.4. The number of carboxylic acid groups (broad SMARTS) is 1. The lowest BCUT2D eigenvalue weighted by molar-refractivity contribution is 0.186. The number of anilines is 1. The monoisotopic (exact) mass is 572 g/mol. The van der Waals surface area contributed by atoms with Crippen molar-refractivity contribution < 1.29 is 14.6 Å². The number of ether oxygens (including phenoxy) is 1. The Kier molecular flexibility index (Phi) is 7.08. The summed E-state index contributed by atoms with van der Waals surface area (Å²) in [6.45, 7) is 0.522. The van der Waals surface area contributed by atoms with E-state index >= 15 is 0 Å². The van der Waals surface area contributed by atoms with E-state index in [1.54, 1.807) is 41.1 Å². The SMILES string of the molecule is COCCN(C(=O)O)c1ccc(-c2cnc([C@@H]3CCc4cc(-c5cc(Cl)ccc5-n5cnnn5)cc(=O)n43)[nH]2)cc1. The second kappa shape index (κ2) is 11.0. The molecule has 1 aliphatic heterocycles.